The van der Waals surface area contributed by atoms with E-state index in [9.17, 15) is 4.79 Å². The first kappa shape index (κ1) is 14.5. The second-order valence-corrected chi connectivity index (χ2v) is 5.53. The van der Waals surface area contributed by atoms with Crippen molar-refractivity contribution in [1.29, 1.82) is 0 Å². The summed E-state index contributed by atoms with van der Waals surface area (Å²) in [5.41, 5.74) is 3.59. The van der Waals surface area contributed by atoms with Crippen molar-refractivity contribution in [3.8, 4) is 0 Å². The van der Waals surface area contributed by atoms with Crippen molar-refractivity contribution in [3.63, 3.8) is 0 Å². The molecule has 104 valence electrons. The van der Waals surface area contributed by atoms with Gasteiger partial charge in [0.2, 0.25) is 0 Å². The number of nitrogens with zero attached hydrogens (tertiary/aromatic N) is 2. The number of hydrogen-bond donors (Lipinski definition) is 1. The van der Waals surface area contributed by atoms with Gasteiger partial charge in [-0.2, -0.15) is 0 Å². The van der Waals surface area contributed by atoms with E-state index in [2.05, 4.69) is 26.2 Å². The maximum Gasteiger partial charge on any atom is 0.255 e. The van der Waals surface area contributed by atoms with Gasteiger partial charge in [-0.05, 0) is 52.7 Å². The molecule has 0 atom stereocenters. The number of aromatic nitrogens is 1. The van der Waals surface area contributed by atoms with E-state index >= 15 is 0 Å². The number of benzene rings is 1. The van der Waals surface area contributed by atoms with Crippen LogP contribution in [0, 0.1) is 6.92 Å². The lowest BCUT2D eigenvalue weighted by atomic mass is 10.1. The van der Waals surface area contributed by atoms with Gasteiger partial charge in [-0.3, -0.25) is 4.79 Å². The average molecular weight is 334 g/mol. The van der Waals surface area contributed by atoms with Crippen molar-refractivity contribution in [3.05, 3.63) is 52.3 Å². The molecule has 5 heteroatoms. The molecule has 2 rings (SSSR count). The van der Waals surface area contributed by atoms with E-state index < -0.39 is 0 Å². The Morgan fingerprint density at radius 3 is 2.65 bits per heavy atom. The summed E-state index contributed by atoms with van der Waals surface area (Å²) in [4.78, 5) is 18.2. The van der Waals surface area contributed by atoms with Crippen LogP contribution in [-0.2, 0) is 0 Å². The van der Waals surface area contributed by atoms with Gasteiger partial charge >= 0.3 is 0 Å². The van der Waals surface area contributed by atoms with Gasteiger partial charge < -0.3 is 10.2 Å². The zero-order chi connectivity index (χ0) is 14.7. The van der Waals surface area contributed by atoms with Crippen LogP contribution in [-0.4, -0.2) is 25.0 Å². The summed E-state index contributed by atoms with van der Waals surface area (Å²) in [7, 11) is 3.96. The molecule has 0 radical (unpaired) electrons. The van der Waals surface area contributed by atoms with Crippen molar-refractivity contribution in [1.82, 2.24) is 4.98 Å². The number of carbonyl (C=O) groups is 1. The van der Waals surface area contributed by atoms with Gasteiger partial charge in [-0.1, -0.05) is 6.07 Å². The molecule has 0 unspecified atom stereocenters. The minimum atomic E-state index is -0.151. The summed E-state index contributed by atoms with van der Waals surface area (Å²) in [6.45, 7) is 2.04. The molecular formula is C15H16BrN3O. The lowest BCUT2D eigenvalue weighted by Gasteiger charge is -2.17. The van der Waals surface area contributed by atoms with Gasteiger partial charge in [0.1, 0.15) is 4.60 Å². The number of hydrogen-bond acceptors (Lipinski definition) is 3. The Morgan fingerprint density at radius 1 is 1.25 bits per heavy atom. The minimum Gasteiger partial charge on any atom is -0.377 e. The van der Waals surface area contributed by atoms with Crippen molar-refractivity contribution >= 4 is 33.2 Å². The molecule has 1 N–H and O–H groups in total. The van der Waals surface area contributed by atoms with Gasteiger partial charge in [0.15, 0.2) is 0 Å². The first-order valence-corrected chi connectivity index (χ1v) is 6.97. The predicted octanol–water partition coefficient (Wildman–Crippen LogP) is 3.47. The molecule has 4 nitrogen and oxygen atoms in total. The zero-order valence-electron chi connectivity index (χ0n) is 11.6. The summed E-state index contributed by atoms with van der Waals surface area (Å²) in [5, 5.41) is 2.89. The highest BCUT2D eigenvalue weighted by Crippen LogP contribution is 2.23. The molecule has 1 amide bonds. The topological polar surface area (TPSA) is 45.2 Å². The standard InChI is InChI=1S/C15H16BrN3O/c1-10-4-5-12(9-13(10)19(2)3)18-15(20)11-6-7-17-14(16)8-11/h4-9H,1-3H3,(H,18,20). The van der Waals surface area contributed by atoms with Gasteiger partial charge in [-0.15, -0.1) is 0 Å². The number of nitrogens with one attached hydrogen (secondary N) is 1. The van der Waals surface area contributed by atoms with Gasteiger partial charge in [0, 0.05) is 37.2 Å². The smallest absolute Gasteiger partial charge is 0.255 e. The van der Waals surface area contributed by atoms with E-state index in [1.165, 1.54) is 5.56 Å². The highest BCUT2D eigenvalue weighted by Gasteiger charge is 2.08. The van der Waals surface area contributed by atoms with Crippen molar-refractivity contribution in [2.75, 3.05) is 24.3 Å². The summed E-state index contributed by atoms with van der Waals surface area (Å²) in [6.07, 6.45) is 1.60. The number of halogens is 1. The lowest BCUT2D eigenvalue weighted by Crippen LogP contribution is -2.14. The normalized spacial score (nSPS) is 10.2. The zero-order valence-corrected chi connectivity index (χ0v) is 13.2. The van der Waals surface area contributed by atoms with Crippen LogP contribution in [0.2, 0.25) is 0 Å². The third kappa shape index (κ3) is 3.36. The molecule has 0 spiro atoms. The van der Waals surface area contributed by atoms with Crippen LogP contribution >= 0.6 is 15.9 Å². The van der Waals surface area contributed by atoms with Gasteiger partial charge in [-0.25, -0.2) is 4.98 Å². The maximum atomic E-state index is 12.2. The van der Waals surface area contributed by atoms with Gasteiger partial charge in [0.25, 0.3) is 5.91 Å². The van der Waals surface area contributed by atoms with E-state index in [1.54, 1.807) is 18.3 Å². The van der Waals surface area contributed by atoms with Crippen LogP contribution < -0.4 is 10.2 Å². The first-order valence-electron chi connectivity index (χ1n) is 6.18. The molecule has 0 saturated heterocycles. The monoisotopic (exact) mass is 333 g/mol. The average Bonchev–Trinajstić information content (AvgIpc) is 2.40. The molecule has 2 aromatic rings. The van der Waals surface area contributed by atoms with Crippen LogP contribution in [0.25, 0.3) is 0 Å². The highest BCUT2D eigenvalue weighted by molar-refractivity contribution is 9.10. The van der Waals surface area contributed by atoms with Crippen molar-refractivity contribution in [2.45, 2.75) is 6.92 Å². The fourth-order valence-corrected chi connectivity index (χ4v) is 2.28. The Bertz CT molecular complexity index is 641. The molecule has 0 aliphatic carbocycles. The molecule has 20 heavy (non-hydrogen) atoms. The fourth-order valence-electron chi connectivity index (χ4n) is 1.92. The largest absolute Gasteiger partial charge is 0.377 e. The third-order valence-electron chi connectivity index (χ3n) is 2.94. The minimum absolute atomic E-state index is 0.151. The van der Waals surface area contributed by atoms with Crippen LogP contribution in [0.1, 0.15) is 15.9 Å². The summed E-state index contributed by atoms with van der Waals surface area (Å²) in [6, 6.07) is 9.23. The SMILES string of the molecule is Cc1ccc(NC(=O)c2ccnc(Br)c2)cc1N(C)C. The number of anilines is 2. The molecule has 0 bridgehead atoms. The number of amides is 1. The van der Waals surface area contributed by atoms with E-state index in [0.29, 0.717) is 10.2 Å². The third-order valence-corrected chi connectivity index (χ3v) is 3.37. The first-order chi connectivity index (χ1) is 9.47. The molecular weight excluding hydrogens is 318 g/mol. The second kappa shape index (κ2) is 6.05. The van der Waals surface area contributed by atoms with Crippen LogP contribution in [0.5, 0.6) is 0 Å². The summed E-state index contributed by atoms with van der Waals surface area (Å²) < 4.78 is 0.642. The molecule has 0 fully saturated rings. The van der Waals surface area contributed by atoms with E-state index in [1.807, 2.05) is 44.1 Å². The van der Waals surface area contributed by atoms with Crippen LogP contribution in [0.3, 0.4) is 0 Å². The van der Waals surface area contributed by atoms with E-state index in [-0.39, 0.29) is 5.91 Å². The Hall–Kier alpha value is -1.88. The molecule has 1 heterocycles. The highest BCUT2D eigenvalue weighted by atomic mass is 79.9. The van der Waals surface area contributed by atoms with Crippen molar-refractivity contribution < 1.29 is 4.79 Å². The Balaban J connectivity index is 2.22. The van der Waals surface area contributed by atoms with Gasteiger partial charge in [0.05, 0.1) is 0 Å². The molecule has 0 aliphatic rings. The summed E-state index contributed by atoms with van der Waals surface area (Å²) >= 11 is 3.26. The number of aryl methyl sites for hydroxylation is 1. The molecule has 0 aliphatic heterocycles. The summed E-state index contributed by atoms with van der Waals surface area (Å²) in [5.74, 6) is -0.151. The quantitative estimate of drug-likeness (QED) is 0.874. The molecule has 1 aromatic carbocycles. The second-order valence-electron chi connectivity index (χ2n) is 4.72. The molecule has 0 saturated carbocycles. The van der Waals surface area contributed by atoms with E-state index in [0.717, 1.165) is 11.4 Å². The van der Waals surface area contributed by atoms with Crippen LogP contribution in [0.15, 0.2) is 41.1 Å². The maximum absolute atomic E-state index is 12.2. The predicted molar refractivity (Wildman–Crippen MR) is 85.4 cm³/mol. The molecule has 1 aromatic heterocycles. The Labute approximate surface area is 127 Å². The van der Waals surface area contributed by atoms with Crippen LogP contribution in [0.4, 0.5) is 11.4 Å². The van der Waals surface area contributed by atoms with E-state index in [4.69, 9.17) is 0 Å². The number of pyridine rings is 1. The lowest BCUT2D eigenvalue weighted by molar-refractivity contribution is 0.102. The number of rotatable bonds is 3. The Kier molecular flexibility index (Phi) is 4.39. The fraction of sp³-hybridized carbons (Fsp3) is 0.200. The number of carbonyl (C=O) groups excluding carboxylic acids is 1. The van der Waals surface area contributed by atoms with Crippen molar-refractivity contribution in [2.24, 2.45) is 0 Å². The Morgan fingerprint density at radius 2 is 2.00 bits per heavy atom.